The van der Waals surface area contributed by atoms with Crippen LogP contribution in [0.5, 0.6) is 34.5 Å². The summed E-state index contributed by atoms with van der Waals surface area (Å²) < 4.78 is 16.5. The lowest BCUT2D eigenvalue weighted by Gasteiger charge is -2.13. The Labute approximate surface area is 123 Å². The van der Waals surface area contributed by atoms with E-state index in [-0.39, 0.29) is 11.5 Å². The molecule has 0 spiro atoms. The van der Waals surface area contributed by atoms with Crippen LogP contribution in [-0.2, 0) is 0 Å². The molecule has 0 saturated heterocycles. The zero-order valence-electron chi connectivity index (χ0n) is 12.0. The minimum atomic E-state index is 0.0555. The Morgan fingerprint density at radius 2 is 1.52 bits per heavy atom. The lowest BCUT2D eigenvalue weighted by atomic mass is 10.2. The average molecular weight is 290 g/mol. The molecular formula is C16H18O5. The molecule has 112 valence electrons. The van der Waals surface area contributed by atoms with Crippen LogP contribution < -0.4 is 14.2 Å². The van der Waals surface area contributed by atoms with Gasteiger partial charge in [-0.1, -0.05) is 0 Å². The number of phenolic OH excluding ortho intramolecular Hbond substituents is 2. The molecule has 5 nitrogen and oxygen atoms in total. The van der Waals surface area contributed by atoms with Crippen molar-refractivity contribution in [1.82, 2.24) is 0 Å². The summed E-state index contributed by atoms with van der Waals surface area (Å²) in [7, 11) is 0. The summed E-state index contributed by atoms with van der Waals surface area (Å²) in [4.78, 5) is 0. The summed E-state index contributed by atoms with van der Waals surface area (Å²) >= 11 is 0. The third-order valence-corrected chi connectivity index (χ3v) is 2.69. The van der Waals surface area contributed by atoms with E-state index in [2.05, 4.69) is 0 Å². The molecule has 2 rings (SSSR count). The molecule has 2 aromatic rings. The Morgan fingerprint density at radius 3 is 2.24 bits per heavy atom. The van der Waals surface area contributed by atoms with Crippen molar-refractivity contribution in [3.05, 3.63) is 36.4 Å². The second-order valence-corrected chi connectivity index (χ2v) is 4.23. The van der Waals surface area contributed by atoms with Crippen LogP contribution in [0.25, 0.3) is 0 Å². The van der Waals surface area contributed by atoms with E-state index in [0.29, 0.717) is 36.2 Å². The Morgan fingerprint density at radius 1 is 0.810 bits per heavy atom. The average Bonchev–Trinajstić information content (AvgIpc) is 2.46. The van der Waals surface area contributed by atoms with Crippen LogP contribution in [0.1, 0.15) is 13.8 Å². The zero-order chi connectivity index (χ0) is 15.2. The smallest absolute Gasteiger partial charge is 0.169 e. The number of hydrogen-bond acceptors (Lipinski definition) is 5. The van der Waals surface area contributed by atoms with Crippen molar-refractivity contribution < 1.29 is 24.4 Å². The minimum absolute atomic E-state index is 0.0555. The van der Waals surface area contributed by atoms with Crippen molar-refractivity contribution in [2.24, 2.45) is 0 Å². The quantitative estimate of drug-likeness (QED) is 0.849. The van der Waals surface area contributed by atoms with Gasteiger partial charge in [0, 0.05) is 12.1 Å². The molecule has 2 N–H and O–H groups in total. The minimum Gasteiger partial charge on any atom is -0.508 e. The van der Waals surface area contributed by atoms with Gasteiger partial charge in [0.05, 0.1) is 13.2 Å². The molecule has 0 aromatic heterocycles. The third-order valence-electron chi connectivity index (χ3n) is 2.69. The number of hydrogen-bond donors (Lipinski definition) is 2. The van der Waals surface area contributed by atoms with Gasteiger partial charge in [0.2, 0.25) is 0 Å². The van der Waals surface area contributed by atoms with Crippen LogP contribution in [0.4, 0.5) is 0 Å². The summed E-state index contributed by atoms with van der Waals surface area (Å²) in [5.74, 6) is 1.94. The van der Waals surface area contributed by atoms with Gasteiger partial charge in [0.15, 0.2) is 23.0 Å². The van der Waals surface area contributed by atoms with Crippen LogP contribution >= 0.6 is 0 Å². The SMILES string of the molecule is CCOc1cc(Oc2ccc(O)cc2OCC)ccc1O. The molecule has 0 unspecified atom stereocenters. The number of benzene rings is 2. The standard InChI is InChI=1S/C16H18O5/c1-3-19-15-10-12(6-7-13(15)18)21-14-8-5-11(17)9-16(14)20-4-2/h5-10,17-18H,3-4H2,1-2H3. The molecule has 0 bridgehead atoms. The lowest BCUT2D eigenvalue weighted by molar-refractivity contribution is 0.311. The molecule has 0 aliphatic heterocycles. The maximum atomic E-state index is 9.67. The largest absolute Gasteiger partial charge is 0.508 e. The van der Waals surface area contributed by atoms with E-state index in [1.807, 2.05) is 13.8 Å². The van der Waals surface area contributed by atoms with Gasteiger partial charge < -0.3 is 24.4 Å². The molecule has 0 atom stereocenters. The topological polar surface area (TPSA) is 68.2 Å². The normalized spacial score (nSPS) is 10.2. The molecule has 0 aliphatic rings. The van der Waals surface area contributed by atoms with Crippen LogP contribution in [0.15, 0.2) is 36.4 Å². The van der Waals surface area contributed by atoms with Crippen LogP contribution in [0, 0.1) is 0 Å². The van der Waals surface area contributed by atoms with E-state index in [0.717, 1.165) is 0 Å². The van der Waals surface area contributed by atoms with Gasteiger partial charge in [-0.2, -0.15) is 0 Å². The van der Waals surface area contributed by atoms with Crippen LogP contribution in [-0.4, -0.2) is 23.4 Å². The molecule has 5 heteroatoms. The molecule has 0 radical (unpaired) electrons. The fraction of sp³-hybridized carbons (Fsp3) is 0.250. The monoisotopic (exact) mass is 290 g/mol. The van der Waals surface area contributed by atoms with E-state index < -0.39 is 0 Å². The first kappa shape index (κ1) is 14.8. The molecular weight excluding hydrogens is 272 g/mol. The highest BCUT2D eigenvalue weighted by molar-refractivity contribution is 5.50. The first-order valence-corrected chi connectivity index (χ1v) is 6.73. The van der Waals surface area contributed by atoms with Crippen molar-refractivity contribution in [2.45, 2.75) is 13.8 Å². The van der Waals surface area contributed by atoms with E-state index in [1.165, 1.54) is 18.2 Å². The Balaban J connectivity index is 2.27. The van der Waals surface area contributed by atoms with E-state index in [9.17, 15) is 10.2 Å². The summed E-state index contributed by atoms with van der Waals surface area (Å²) in [5, 5.41) is 19.2. The molecule has 2 aromatic carbocycles. The predicted octanol–water partition coefficient (Wildman–Crippen LogP) is 3.69. The van der Waals surface area contributed by atoms with Crippen molar-refractivity contribution in [1.29, 1.82) is 0 Å². The first-order chi connectivity index (χ1) is 10.1. The van der Waals surface area contributed by atoms with Crippen molar-refractivity contribution in [3.8, 4) is 34.5 Å². The molecule has 0 saturated carbocycles. The van der Waals surface area contributed by atoms with Crippen LogP contribution in [0.2, 0.25) is 0 Å². The number of rotatable bonds is 6. The maximum absolute atomic E-state index is 9.67. The molecule has 21 heavy (non-hydrogen) atoms. The fourth-order valence-corrected chi connectivity index (χ4v) is 1.81. The van der Waals surface area contributed by atoms with E-state index in [1.54, 1.807) is 18.2 Å². The van der Waals surface area contributed by atoms with Gasteiger partial charge in [0.25, 0.3) is 0 Å². The zero-order valence-corrected chi connectivity index (χ0v) is 12.0. The van der Waals surface area contributed by atoms with Gasteiger partial charge in [-0.3, -0.25) is 0 Å². The van der Waals surface area contributed by atoms with Gasteiger partial charge >= 0.3 is 0 Å². The number of ether oxygens (including phenoxy) is 3. The van der Waals surface area contributed by atoms with E-state index in [4.69, 9.17) is 14.2 Å². The summed E-state index contributed by atoms with van der Waals surface area (Å²) in [5.41, 5.74) is 0. The van der Waals surface area contributed by atoms with Crippen molar-refractivity contribution in [2.75, 3.05) is 13.2 Å². The summed E-state index contributed by atoms with van der Waals surface area (Å²) in [6.07, 6.45) is 0. The first-order valence-electron chi connectivity index (χ1n) is 6.73. The van der Waals surface area contributed by atoms with Gasteiger partial charge in [-0.25, -0.2) is 0 Å². The number of phenols is 2. The maximum Gasteiger partial charge on any atom is 0.169 e. The number of aromatic hydroxyl groups is 2. The fourth-order valence-electron chi connectivity index (χ4n) is 1.81. The molecule has 0 heterocycles. The highest BCUT2D eigenvalue weighted by Crippen LogP contribution is 2.37. The Bertz CT molecular complexity index is 610. The van der Waals surface area contributed by atoms with Crippen LogP contribution in [0.3, 0.4) is 0 Å². The van der Waals surface area contributed by atoms with Gasteiger partial charge in [-0.15, -0.1) is 0 Å². The highest BCUT2D eigenvalue weighted by atomic mass is 16.5. The molecule has 0 fully saturated rings. The summed E-state index contributed by atoms with van der Waals surface area (Å²) in [6, 6.07) is 9.35. The lowest BCUT2D eigenvalue weighted by Crippen LogP contribution is -1.96. The highest BCUT2D eigenvalue weighted by Gasteiger charge is 2.10. The Hall–Kier alpha value is -2.56. The van der Waals surface area contributed by atoms with Crippen molar-refractivity contribution in [3.63, 3.8) is 0 Å². The Kier molecular flexibility index (Phi) is 4.77. The third kappa shape index (κ3) is 3.72. The molecule has 0 aliphatic carbocycles. The second kappa shape index (κ2) is 6.74. The van der Waals surface area contributed by atoms with Gasteiger partial charge in [0.1, 0.15) is 11.5 Å². The van der Waals surface area contributed by atoms with Gasteiger partial charge in [-0.05, 0) is 38.1 Å². The second-order valence-electron chi connectivity index (χ2n) is 4.23. The van der Waals surface area contributed by atoms with E-state index >= 15 is 0 Å². The molecule has 0 amide bonds. The summed E-state index contributed by atoms with van der Waals surface area (Å²) in [6.45, 7) is 4.59. The predicted molar refractivity (Wildman–Crippen MR) is 78.6 cm³/mol. The van der Waals surface area contributed by atoms with Crippen molar-refractivity contribution >= 4 is 0 Å².